The van der Waals surface area contributed by atoms with Crippen LogP contribution >= 0.6 is 24.0 Å². The summed E-state index contributed by atoms with van der Waals surface area (Å²) in [7, 11) is 0. The van der Waals surface area contributed by atoms with Crippen LogP contribution in [0.25, 0.3) is 0 Å². The van der Waals surface area contributed by atoms with Crippen LogP contribution in [0.5, 0.6) is 0 Å². The Morgan fingerprint density at radius 2 is 2.30 bits per heavy atom. The standard InChI is InChI=1S/C7H14ClN.ClH/c8-4-3-7-2-1-5-9-6-7;/h7,9H,1-6H2;1H. The third-order valence-electron chi connectivity index (χ3n) is 1.92. The second-order valence-electron chi connectivity index (χ2n) is 2.69. The van der Waals surface area contributed by atoms with Gasteiger partial charge in [-0.15, -0.1) is 24.0 Å². The van der Waals surface area contributed by atoms with Gasteiger partial charge in [0.15, 0.2) is 0 Å². The SMILES string of the molecule is Cl.ClCCC1CCCNC1. The van der Waals surface area contributed by atoms with Crippen molar-refractivity contribution in [3.8, 4) is 0 Å². The summed E-state index contributed by atoms with van der Waals surface area (Å²) in [6.45, 7) is 2.39. The highest BCUT2D eigenvalue weighted by Gasteiger charge is 2.10. The molecule has 1 atom stereocenters. The summed E-state index contributed by atoms with van der Waals surface area (Å²) in [5.74, 6) is 1.68. The maximum Gasteiger partial charge on any atom is 0.0226 e. The normalized spacial score (nSPS) is 25.5. The number of alkyl halides is 1. The van der Waals surface area contributed by atoms with Gasteiger partial charge in [-0.1, -0.05) is 0 Å². The summed E-state index contributed by atoms with van der Waals surface area (Å²) in [5, 5.41) is 3.36. The zero-order valence-electron chi connectivity index (χ0n) is 6.11. The van der Waals surface area contributed by atoms with Gasteiger partial charge in [0, 0.05) is 5.88 Å². The third-order valence-corrected chi connectivity index (χ3v) is 2.13. The Labute approximate surface area is 73.9 Å². The van der Waals surface area contributed by atoms with Crippen LogP contribution in [-0.4, -0.2) is 19.0 Å². The monoisotopic (exact) mass is 183 g/mol. The summed E-state index contributed by atoms with van der Waals surface area (Å²) in [5.41, 5.74) is 0. The second kappa shape index (κ2) is 6.26. The molecule has 0 aromatic heterocycles. The number of halogens is 2. The van der Waals surface area contributed by atoms with Crippen molar-refractivity contribution in [1.29, 1.82) is 0 Å². The quantitative estimate of drug-likeness (QED) is 0.647. The Bertz CT molecular complexity index is 69.3. The molecule has 1 aliphatic heterocycles. The molecule has 1 saturated heterocycles. The molecular formula is C7H15Cl2N. The van der Waals surface area contributed by atoms with Crippen molar-refractivity contribution in [3.63, 3.8) is 0 Å². The maximum atomic E-state index is 5.61. The van der Waals surface area contributed by atoms with E-state index in [1.165, 1.54) is 32.4 Å². The molecule has 1 heterocycles. The van der Waals surface area contributed by atoms with Gasteiger partial charge >= 0.3 is 0 Å². The summed E-state index contributed by atoms with van der Waals surface area (Å²) in [6, 6.07) is 0. The van der Waals surface area contributed by atoms with E-state index in [9.17, 15) is 0 Å². The lowest BCUT2D eigenvalue weighted by molar-refractivity contribution is 0.370. The number of nitrogens with one attached hydrogen (secondary N) is 1. The molecule has 0 aliphatic carbocycles. The summed E-state index contributed by atoms with van der Waals surface area (Å²) in [6.07, 6.45) is 3.90. The van der Waals surface area contributed by atoms with Gasteiger partial charge in [-0.25, -0.2) is 0 Å². The van der Waals surface area contributed by atoms with Crippen molar-refractivity contribution >= 4 is 24.0 Å². The van der Waals surface area contributed by atoms with E-state index in [2.05, 4.69) is 5.32 Å². The van der Waals surface area contributed by atoms with E-state index in [1.807, 2.05) is 0 Å². The maximum absolute atomic E-state index is 5.61. The Kier molecular flexibility index (Phi) is 6.60. The van der Waals surface area contributed by atoms with Crippen molar-refractivity contribution in [3.05, 3.63) is 0 Å². The third kappa shape index (κ3) is 3.65. The molecule has 0 bridgehead atoms. The minimum atomic E-state index is 0. The fourth-order valence-electron chi connectivity index (χ4n) is 1.32. The first-order valence-corrected chi connectivity index (χ1v) is 4.23. The molecule has 1 rings (SSSR count). The van der Waals surface area contributed by atoms with Crippen LogP contribution < -0.4 is 5.32 Å². The minimum absolute atomic E-state index is 0. The number of hydrogen-bond donors (Lipinski definition) is 1. The van der Waals surface area contributed by atoms with E-state index in [0.717, 1.165) is 11.8 Å². The predicted octanol–water partition coefficient (Wildman–Crippen LogP) is 2.04. The van der Waals surface area contributed by atoms with Gasteiger partial charge < -0.3 is 5.32 Å². The van der Waals surface area contributed by atoms with Gasteiger partial charge in [0.25, 0.3) is 0 Å². The topological polar surface area (TPSA) is 12.0 Å². The molecule has 0 amide bonds. The van der Waals surface area contributed by atoms with Crippen LogP contribution in [0.3, 0.4) is 0 Å². The largest absolute Gasteiger partial charge is 0.316 e. The fourth-order valence-corrected chi connectivity index (χ4v) is 1.63. The van der Waals surface area contributed by atoms with Crippen molar-refractivity contribution in [2.45, 2.75) is 19.3 Å². The van der Waals surface area contributed by atoms with Gasteiger partial charge in [-0.3, -0.25) is 0 Å². The highest BCUT2D eigenvalue weighted by Crippen LogP contribution is 2.13. The zero-order valence-corrected chi connectivity index (χ0v) is 7.68. The van der Waals surface area contributed by atoms with E-state index >= 15 is 0 Å². The molecule has 0 spiro atoms. The minimum Gasteiger partial charge on any atom is -0.316 e. The fraction of sp³-hybridized carbons (Fsp3) is 1.00. The lowest BCUT2D eigenvalue weighted by Crippen LogP contribution is -2.29. The Morgan fingerprint density at radius 1 is 1.50 bits per heavy atom. The first kappa shape index (κ1) is 10.5. The van der Waals surface area contributed by atoms with Gasteiger partial charge in [-0.05, 0) is 38.3 Å². The summed E-state index contributed by atoms with van der Waals surface area (Å²) >= 11 is 5.61. The Morgan fingerprint density at radius 3 is 2.80 bits per heavy atom. The van der Waals surface area contributed by atoms with Crippen LogP contribution in [0.15, 0.2) is 0 Å². The molecule has 0 saturated carbocycles. The van der Waals surface area contributed by atoms with Crippen LogP contribution in [0.4, 0.5) is 0 Å². The summed E-state index contributed by atoms with van der Waals surface area (Å²) < 4.78 is 0. The molecule has 3 heteroatoms. The first-order chi connectivity index (χ1) is 4.43. The van der Waals surface area contributed by atoms with E-state index in [0.29, 0.717) is 0 Å². The van der Waals surface area contributed by atoms with Crippen LogP contribution in [0.2, 0.25) is 0 Å². The number of hydrogen-bond acceptors (Lipinski definition) is 1. The average Bonchev–Trinajstić information content (AvgIpc) is 1.91. The van der Waals surface area contributed by atoms with Gasteiger partial charge in [0.2, 0.25) is 0 Å². The molecule has 62 valence electrons. The van der Waals surface area contributed by atoms with Gasteiger partial charge in [0.1, 0.15) is 0 Å². The Balaban J connectivity index is 0.000000810. The molecular weight excluding hydrogens is 169 g/mol. The number of piperidine rings is 1. The van der Waals surface area contributed by atoms with E-state index < -0.39 is 0 Å². The molecule has 0 aromatic carbocycles. The van der Waals surface area contributed by atoms with Crippen molar-refractivity contribution in [2.75, 3.05) is 19.0 Å². The van der Waals surface area contributed by atoms with Gasteiger partial charge in [0.05, 0.1) is 0 Å². The zero-order chi connectivity index (χ0) is 6.53. The molecule has 1 unspecified atom stereocenters. The lowest BCUT2D eigenvalue weighted by atomic mass is 9.97. The molecule has 0 radical (unpaired) electrons. The molecule has 1 aliphatic rings. The second-order valence-corrected chi connectivity index (χ2v) is 3.07. The lowest BCUT2D eigenvalue weighted by Gasteiger charge is -2.21. The Hall–Kier alpha value is 0.540. The average molecular weight is 184 g/mol. The van der Waals surface area contributed by atoms with Crippen molar-refractivity contribution in [1.82, 2.24) is 5.32 Å². The molecule has 10 heavy (non-hydrogen) atoms. The van der Waals surface area contributed by atoms with Crippen LogP contribution in [0, 0.1) is 5.92 Å². The van der Waals surface area contributed by atoms with Crippen molar-refractivity contribution < 1.29 is 0 Å². The highest BCUT2D eigenvalue weighted by atomic mass is 35.5. The van der Waals surface area contributed by atoms with E-state index in [1.54, 1.807) is 0 Å². The van der Waals surface area contributed by atoms with Gasteiger partial charge in [-0.2, -0.15) is 0 Å². The van der Waals surface area contributed by atoms with Crippen LogP contribution in [-0.2, 0) is 0 Å². The molecule has 0 aromatic rings. The predicted molar refractivity (Wildman–Crippen MR) is 48.2 cm³/mol. The molecule has 1 nitrogen and oxygen atoms in total. The van der Waals surface area contributed by atoms with Crippen molar-refractivity contribution in [2.24, 2.45) is 5.92 Å². The summed E-state index contributed by atoms with van der Waals surface area (Å²) in [4.78, 5) is 0. The smallest absolute Gasteiger partial charge is 0.0226 e. The highest BCUT2D eigenvalue weighted by molar-refractivity contribution is 6.17. The molecule has 1 N–H and O–H groups in total. The number of rotatable bonds is 2. The van der Waals surface area contributed by atoms with E-state index in [-0.39, 0.29) is 12.4 Å². The first-order valence-electron chi connectivity index (χ1n) is 3.70. The van der Waals surface area contributed by atoms with Crippen LogP contribution in [0.1, 0.15) is 19.3 Å². The molecule has 1 fully saturated rings. The van der Waals surface area contributed by atoms with E-state index in [4.69, 9.17) is 11.6 Å².